The molecule has 2 fully saturated rings. The van der Waals surface area contributed by atoms with E-state index in [1.165, 1.54) is 25.9 Å². The van der Waals surface area contributed by atoms with Gasteiger partial charge in [0.05, 0.1) is 0 Å². The molecule has 98 valence electrons. The zero-order valence-corrected chi connectivity index (χ0v) is 11.0. The van der Waals surface area contributed by atoms with E-state index in [9.17, 15) is 4.79 Å². The highest BCUT2D eigenvalue weighted by Crippen LogP contribution is 2.17. The summed E-state index contributed by atoms with van der Waals surface area (Å²) in [7, 11) is 2.17. The van der Waals surface area contributed by atoms with Crippen LogP contribution in [0.3, 0.4) is 0 Å². The number of carbonyl (C=O) groups excluding carboxylic acids is 1. The van der Waals surface area contributed by atoms with Crippen molar-refractivity contribution in [2.45, 2.75) is 19.8 Å². The van der Waals surface area contributed by atoms with Crippen molar-refractivity contribution in [3.8, 4) is 0 Å². The van der Waals surface area contributed by atoms with Crippen molar-refractivity contribution in [2.75, 3.05) is 39.8 Å². The summed E-state index contributed by atoms with van der Waals surface area (Å²) in [5, 5.41) is 6.35. The van der Waals surface area contributed by atoms with Gasteiger partial charge < -0.3 is 15.5 Å². The van der Waals surface area contributed by atoms with Crippen LogP contribution in [-0.4, -0.2) is 50.6 Å². The minimum Gasteiger partial charge on any atom is -0.356 e. The van der Waals surface area contributed by atoms with Crippen LogP contribution in [0.15, 0.2) is 0 Å². The number of piperidine rings is 1. The molecule has 1 atom stereocenters. The molecule has 0 spiro atoms. The highest BCUT2D eigenvalue weighted by atomic mass is 16.1. The van der Waals surface area contributed by atoms with E-state index >= 15 is 0 Å². The standard InChI is InChI=1S/C13H25N3O/c1-10(12-8-14-9-12)13(17)15-7-11-3-5-16(2)6-4-11/h10-12,14H,3-9H2,1-2H3,(H,15,17). The molecule has 0 saturated carbocycles. The van der Waals surface area contributed by atoms with Gasteiger partial charge in [0.25, 0.3) is 0 Å². The van der Waals surface area contributed by atoms with Gasteiger partial charge in [-0.05, 0) is 57.9 Å². The molecule has 0 radical (unpaired) electrons. The van der Waals surface area contributed by atoms with Crippen LogP contribution in [0.5, 0.6) is 0 Å². The molecule has 1 unspecified atom stereocenters. The zero-order chi connectivity index (χ0) is 12.3. The summed E-state index contributed by atoms with van der Waals surface area (Å²) in [4.78, 5) is 14.3. The molecule has 2 rings (SSSR count). The van der Waals surface area contributed by atoms with E-state index in [1.54, 1.807) is 0 Å². The van der Waals surface area contributed by atoms with Gasteiger partial charge in [0, 0.05) is 12.5 Å². The molecule has 2 heterocycles. The number of rotatable bonds is 4. The normalized spacial score (nSPS) is 25.3. The molecule has 2 aliphatic heterocycles. The first-order valence-electron chi connectivity index (χ1n) is 6.84. The number of nitrogens with zero attached hydrogens (tertiary/aromatic N) is 1. The lowest BCUT2D eigenvalue weighted by Gasteiger charge is -2.33. The second-order valence-corrected chi connectivity index (χ2v) is 5.70. The number of hydrogen-bond donors (Lipinski definition) is 2. The molecule has 2 saturated heterocycles. The van der Waals surface area contributed by atoms with Gasteiger partial charge in [0.1, 0.15) is 0 Å². The summed E-state index contributed by atoms with van der Waals surface area (Å²) < 4.78 is 0. The Labute approximate surface area is 104 Å². The van der Waals surface area contributed by atoms with E-state index in [0.29, 0.717) is 11.8 Å². The van der Waals surface area contributed by atoms with Crippen LogP contribution in [-0.2, 0) is 4.79 Å². The summed E-state index contributed by atoms with van der Waals surface area (Å²) in [6.45, 7) is 7.27. The van der Waals surface area contributed by atoms with Crippen molar-refractivity contribution in [3.05, 3.63) is 0 Å². The molecule has 4 heteroatoms. The van der Waals surface area contributed by atoms with E-state index in [-0.39, 0.29) is 11.8 Å². The summed E-state index contributed by atoms with van der Waals surface area (Å²) in [5.41, 5.74) is 0. The molecule has 2 N–H and O–H groups in total. The second kappa shape index (κ2) is 5.83. The largest absolute Gasteiger partial charge is 0.356 e. The van der Waals surface area contributed by atoms with Crippen molar-refractivity contribution in [3.63, 3.8) is 0 Å². The number of carbonyl (C=O) groups is 1. The quantitative estimate of drug-likeness (QED) is 0.741. The van der Waals surface area contributed by atoms with Crippen LogP contribution in [0, 0.1) is 17.8 Å². The topological polar surface area (TPSA) is 44.4 Å². The third kappa shape index (κ3) is 3.42. The third-order valence-corrected chi connectivity index (χ3v) is 4.34. The lowest BCUT2D eigenvalue weighted by molar-refractivity contribution is -0.126. The first kappa shape index (κ1) is 12.8. The predicted octanol–water partition coefficient (Wildman–Crippen LogP) is 0.300. The number of amides is 1. The number of nitrogens with one attached hydrogen (secondary N) is 2. The van der Waals surface area contributed by atoms with E-state index < -0.39 is 0 Å². The van der Waals surface area contributed by atoms with Gasteiger partial charge in [-0.15, -0.1) is 0 Å². The van der Waals surface area contributed by atoms with E-state index in [4.69, 9.17) is 0 Å². The summed E-state index contributed by atoms with van der Waals surface area (Å²) in [6.07, 6.45) is 2.44. The Morgan fingerprint density at radius 1 is 1.41 bits per heavy atom. The Balaban J connectivity index is 1.65. The maximum atomic E-state index is 11.9. The number of hydrogen-bond acceptors (Lipinski definition) is 3. The van der Waals surface area contributed by atoms with Crippen LogP contribution in [0.2, 0.25) is 0 Å². The minimum atomic E-state index is 0.169. The molecular weight excluding hydrogens is 214 g/mol. The van der Waals surface area contributed by atoms with E-state index in [2.05, 4.69) is 29.5 Å². The SMILES string of the molecule is CC(C(=O)NCC1CCN(C)CC1)C1CNC1. The molecule has 0 aromatic rings. The van der Waals surface area contributed by atoms with Gasteiger partial charge in [-0.25, -0.2) is 0 Å². The van der Waals surface area contributed by atoms with E-state index in [0.717, 1.165) is 19.6 Å². The minimum absolute atomic E-state index is 0.169. The van der Waals surface area contributed by atoms with Crippen molar-refractivity contribution in [1.29, 1.82) is 0 Å². The fourth-order valence-electron chi connectivity index (χ4n) is 2.55. The lowest BCUT2D eigenvalue weighted by atomic mass is 9.88. The van der Waals surface area contributed by atoms with Crippen LogP contribution >= 0.6 is 0 Å². The first-order valence-corrected chi connectivity index (χ1v) is 6.84. The molecule has 1 amide bonds. The van der Waals surface area contributed by atoms with Crippen molar-refractivity contribution in [1.82, 2.24) is 15.5 Å². The average Bonchev–Trinajstić information content (AvgIpc) is 2.25. The molecule has 0 bridgehead atoms. The van der Waals surface area contributed by atoms with Gasteiger partial charge in [-0.1, -0.05) is 6.92 Å². The highest BCUT2D eigenvalue weighted by molar-refractivity contribution is 5.78. The van der Waals surface area contributed by atoms with Crippen molar-refractivity contribution in [2.24, 2.45) is 17.8 Å². The van der Waals surface area contributed by atoms with Crippen LogP contribution in [0.1, 0.15) is 19.8 Å². The Hall–Kier alpha value is -0.610. The Bertz CT molecular complexity index is 257. The maximum Gasteiger partial charge on any atom is 0.223 e. The molecule has 17 heavy (non-hydrogen) atoms. The molecule has 0 aromatic carbocycles. The van der Waals surface area contributed by atoms with E-state index in [1.807, 2.05) is 0 Å². The lowest BCUT2D eigenvalue weighted by Crippen LogP contribution is -2.50. The fraction of sp³-hybridized carbons (Fsp3) is 0.923. The highest BCUT2D eigenvalue weighted by Gasteiger charge is 2.29. The maximum absolute atomic E-state index is 11.9. The smallest absolute Gasteiger partial charge is 0.223 e. The van der Waals surface area contributed by atoms with Crippen LogP contribution < -0.4 is 10.6 Å². The van der Waals surface area contributed by atoms with Crippen LogP contribution in [0.4, 0.5) is 0 Å². The first-order chi connectivity index (χ1) is 8.16. The molecule has 0 aromatic heterocycles. The predicted molar refractivity (Wildman–Crippen MR) is 68.8 cm³/mol. The van der Waals surface area contributed by atoms with Crippen molar-refractivity contribution < 1.29 is 4.79 Å². The molecule has 2 aliphatic rings. The summed E-state index contributed by atoms with van der Waals surface area (Å²) in [5.74, 6) is 1.65. The summed E-state index contributed by atoms with van der Waals surface area (Å²) >= 11 is 0. The summed E-state index contributed by atoms with van der Waals surface area (Å²) in [6, 6.07) is 0. The van der Waals surface area contributed by atoms with Gasteiger partial charge in [-0.3, -0.25) is 4.79 Å². The third-order valence-electron chi connectivity index (χ3n) is 4.34. The molecular formula is C13H25N3O. The Morgan fingerprint density at radius 2 is 2.06 bits per heavy atom. The fourth-order valence-corrected chi connectivity index (χ4v) is 2.55. The Kier molecular flexibility index (Phi) is 4.40. The van der Waals surface area contributed by atoms with Gasteiger partial charge >= 0.3 is 0 Å². The van der Waals surface area contributed by atoms with Gasteiger partial charge in [0.2, 0.25) is 5.91 Å². The van der Waals surface area contributed by atoms with Gasteiger partial charge in [0.15, 0.2) is 0 Å². The zero-order valence-electron chi connectivity index (χ0n) is 11.0. The van der Waals surface area contributed by atoms with Gasteiger partial charge in [-0.2, -0.15) is 0 Å². The van der Waals surface area contributed by atoms with Crippen LogP contribution in [0.25, 0.3) is 0 Å². The monoisotopic (exact) mass is 239 g/mol. The van der Waals surface area contributed by atoms with Crippen molar-refractivity contribution >= 4 is 5.91 Å². The average molecular weight is 239 g/mol. The molecule has 0 aliphatic carbocycles. The molecule has 4 nitrogen and oxygen atoms in total. The number of likely N-dealkylation sites (tertiary alicyclic amines) is 1. The Morgan fingerprint density at radius 3 is 2.59 bits per heavy atom. The second-order valence-electron chi connectivity index (χ2n) is 5.70.